The Balaban J connectivity index is 2.12. The molecule has 6 heteroatoms. The molecule has 0 saturated heterocycles. The number of amides is 1. The highest BCUT2D eigenvalue weighted by Crippen LogP contribution is 2.20. The van der Waals surface area contributed by atoms with Gasteiger partial charge in [0.15, 0.2) is 5.78 Å². The summed E-state index contributed by atoms with van der Waals surface area (Å²) in [5, 5.41) is 9.42. The van der Waals surface area contributed by atoms with Crippen LogP contribution in [0.5, 0.6) is 0 Å². The quantitative estimate of drug-likeness (QED) is 0.358. The van der Waals surface area contributed by atoms with Crippen molar-refractivity contribution < 1.29 is 14.8 Å². The molecule has 2 N–H and O–H groups in total. The summed E-state index contributed by atoms with van der Waals surface area (Å²) in [7, 11) is 0. The molecule has 0 unspecified atom stereocenters. The van der Waals surface area contributed by atoms with Gasteiger partial charge in [-0.25, -0.2) is 5.48 Å². The first-order valence-electron chi connectivity index (χ1n) is 6.89. The number of hydroxylamine groups is 1. The predicted octanol–water partition coefficient (Wildman–Crippen LogP) is 4.41. The molecule has 2 aromatic rings. The molecule has 24 heavy (non-hydrogen) atoms. The molecule has 122 valence electrons. The molecule has 2 aromatic carbocycles. The van der Waals surface area contributed by atoms with Crippen LogP contribution in [0.15, 0.2) is 54.6 Å². The second kappa shape index (κ2) is 8.45. The molecular weight excluding hydrogens is 349 g/mol. The van der Waals surface area contributed by atoms with Crippen LogP contribution in [0, 0.1) is 0 Å². The van der Waals surface area contributed by atoms with E-state index < -0.39 is 5.91 Å². The molecule has 4 nitrogen and oxygen atoms in total. The third kappa shape index (κ3) is 5.06. The number of halogens is 2. The van der Waals surface area contributed by atoms with Crippen LogP contribution in [0.2, 0.25) is 10.0 Å². The first-order chi connectivity index (χ1) is 11.5. The van der Waals surface area contributed by atoms with E-state index in [-0.39, 0.29) is 5.78 Å². The second-order valence-corrected chi connectivity index (χ2v) is 5.64. The van der Waals surface area contributed by atoms with Crippen molar-refractivity contribution in [2.45, 2.75) is 0 Å². The molecule has 0 spiro atoms. The molecule has 2 rings (SSSR count). The molecule has 0 atom stereocenters. The van der Waals surface area contributed by atoms with Crippen LogP contribution < -0.4 is 5.48 Å². The minimum atomic E-state index is -0.636. The first kappa shape index (κ1) is 17.9. The van der Waals surface area contributed by atoms with Gasteiger partial charge < -0.3 is 0 Å². The van der Waals surface area contributed by atoms with Gasteiger partial charge in [0.25, 0.3) is 5.91 Å². The molecule has 0 aliphatic rings. The lowest BCUT2D eigenvalue weighted by Crippen LogP contribution is -2.14. The summed E-state index contributed by atoms with van der Waals surface area (Å²) in [6, 6.07) is 11.7. The van der Waals surface area contributed by atoms with E-state index >= 15 is 0 Å². The van der Waals surface area contributed by atoms with Gasteiger partial charge in [-0.05, 0) is 59.7 Å². The van der Waals surface area contributed by atoms with Gasteiger partial charge in [0.05, 0.1) is 0 Å². The summed E-state index contributed by atoms with van der Waals surface area (Å²) in [6.45, 7) is 0. The number of carbonyl (C=O) groups is 2. The summed E-state index contributed by atoms with van der Waals surface area (Å²) in [4.78, 5) is 23.0. The highest BCUT2D eigenvalue weighted by molar-refractivity contribution is 6.32. The van der Waals surface area contributed by atoms with Gasteiger partial charge in [0.2, 0.25) is 0 Å². The Morgan fingerprint density at radius 1 is 0.958 bits per heavy atom. The zero-order chi connectivity index (χ0) is 17.5. The molecule has 0 aliphatic carbocycles. The van der Waals surface area contributed by atoms with Crippen molar-refractivity contribution in [3.63, 3.8) is 0 Å². The molecule has 1 amide bonds. The molecule has 0 saturated carbocycles. The van der Waals surface area contributed by atoms with Gasteiger partial charge in [-0.1, -0.05) is 35.3 Å². The number of carbonyl (C=O) groups excluding carboxylic acids is 2. The standard InChI is InChI=1S/C18H13Cl2NO3/c19-15-7-4-14(5-8-15)17(22)9-6-13-3-1-12(11-16(13)20)2-10-18(23)21-24/h1-11,24H,(H,21,23). The Morgan fingerprint density at radius 2 is 1.67 bits per heavy atom. The maximum Gasteiger partial charge on any atom is 0.267 e. The summed E-state index contributed by atoms with van der Waals surface area (Å²) in [5.74, 6) is -0.796. The molecular formula is C18H13Cl2NO3. The largest absolute Gasteiger partial charge is 0.289 e. The van der Waals surface area contributed by atoms with E-state index in [0.29, 0.717) is 26.7 Å². The van der Waals surface area contributed by atoms with Crippen LogP contribution >= 0.6 is 23.2 Å². The van der Waals surface area contributed by atoms with E-state index in [2.05, 4.69) is 0 Å². The maximum atomic E-state index is 12.1. The number of nitrogens with one attached hydrogen (secondary N) is 1. The number of rotatable bonds is 5. The average Bonchev–Trinajstić information content (AvgIpc) is 2.59. The molecule has 0 radical (unpaired) electrons. The Morgan fingerprint density at radius 3 is 2.29 bits per heavy atom. The van der Waals surface area contributed by atoms with Crippen LogP contribution in [0.4, 0.5) is 0 Å². The normalized spacial score (nSPS) is 11.1. The Hall–Kier alpha value is -2.40. The van der Waals surface area contributed by atoms with Gasteiger partial charge in [-0.15, -0.1) is 0 Å². The lowest BCUT2D eigenvalue weighted by atomic mass is 10.1. The zero-order valence-electron chi connectivity index (χ0n) is 12.4. The Kier molecular flexibility index (Phi) is 6.32. The van der Waals surface area contributed by atoms with Gasteiger partial charge in [0, 0.05) is 21.7 Å². The smallest absolute Gasteiger partial charge is 0.267 e. The van der Waals surface area contributed by atoms with E-state index in [1.54, 1.807) is 48.5 Å². The topological polar surface area (TPSA) is 66.4 Å². The van der Waals surface area contributed by atoms with Crippen LogP contribution in [-0.4, -0.2) is 16.9 Å². The lowest BCUT2D eigenvalue weighted by molar-refractivity contribution is -0.124. The fourth-order valence-electron chi connectivity index (χ4n) is 1.87. The third-order valence-corrected chi connectivity index (χ3v) is 3.68. The van der Waals surface area contributed by atoms with Gasteiger partial charge in [0.1, 0.15) is 0 Å². The summed E-state index contributed by atoms with van der Waals surface area (Å²) in [5.41, 5.74) is 3.38. The fraction of sp³-hybridized carbons (Fsp3) is 0. The SMILES string of the molecule is O=C(C=Cc1ccc(C=CC(=O)c2ccc(Cl)cc2)c(Cl)c1)NO. The lowest BCUT2D eigenvalue weighted by Gasteiger charge is -2.01. The predicted molar refractivity (Wildman–Crippen MR) is 95.2 cm³/mol. The monoisotopic (exact) mass is 361 g/mol. The number of hydrogen-bond donors (Lipinski definition) is 2. The summed E-state index contributed by atoms with van der Waals surface area (Å²) >= 11 is 12.0. The fourth-order valence-corrected chi connectivity index (χ4v) is 2.25. The van der Waals surface area contributed by atoms with E-state index in [4.69, 9.17) is 28.4 Å². The molecule has 0 aliphatic heterocycles. The highest BCUT2D eigenvalue weighted by atomic mass is 35.5. The number of hydrogen-bond acceptors (Lipinski definition) is 3. The number of ketones is 1. The van der Waals surface area contributed by atoms with Crippen LogP contribution in [0.25, 0.3) is 12.2 Å². The van der Waals surface area contributed by atoms with E-state index in [1.807, 2.05) is 0 Å². The molecule has 0 fully saturated rings. The minimum absolute atomic E-state index is 0.161. The third-order valence-electron chi connectivity index (χ3n) is 3.10. The second-order valence-electron chi connectivity index (χ2n) is 4.79. The van der Waals surface area contributed by atoms with Crippen molar-refractivity contribution in [3.8, 4) is 0 Å². The van der Waals surface area contributed by atoms with Gasteiger partial charge in [-0.2, -0.15) is 0 Å². The molecule has 0 bridgehead atoms. The first-order valence-corrected chi connectivity index (χ1v) is 7.65. The van der Waals surface area contributed by atoms with E-state index in [0.717, 1.165) is 0 Å². The molecule has 0 heterocycles. The van der Waals surface area contributed by atoms with Crippen molar-refractivity contribution in [3.05, 3.63) is 81.4 Å². The van der Waals surface area contributed by atoms with Crippen molar-refractivity contribution in [1.29, 1.82) is 0 Å². The highest BCUT2D eigenvalue weighted by Gasteiger charge is 2.03. The van der Waals surface area contributed by atoms with Gasteiger partial charge in [-0.3, -0.25) is 14.8 Å². The number of benzene rings is 2. The Bertz CT molecular complexity index is 812. The van der Waals surface area contributed by atoms with Crippen molar-refractivity contribution in [1.82, 2.24) is 5.48 Å². The van der Waals surface area contributed by atoms with E-state index in [1.165, 1.54) is 23.7 Å². The van der Waals surface area contributed by atoms with Crippen molar-refractivity contribution in [2.24, 2.45) is 0 Å². The van der Waals surface area contributed by atoms with Crippen molar-refractivity contribution >= 4 is 47.0 Å². The summed E-state index contributed by atoms with van der Waals surface area (Å²) in [6.07, 6.45) is 5.72. The summed E-state index contributed by atoms with van der Waals surface area (Å²) < 4.78 is 0. The van der Waals surface area contributed by atoms with Crippen LogP contribution in [0.1, 0.15) is 21.5 Å². The van der Waals surface area contributed by atoms with Crippen molar-refractivity contribution in [2.75, 3.05) is 0 Å². The molecule has 0 aromatic heterocycles. The van der Waals surface area contributed by atoms with Crippen LogP contribution in [-0.2, 0) is 4.79 Å². The average molecular weight is 362 g/mol. The van der Waals surface area contributed by atoms with Gasteiger partial charge >= 0.3 is 0 Å². The minimum Gasteiger partial charge on any atom is -0.289 e. The van der Waals surface area contributed by atoms with Crippen LogP contribution in [0.3, 0.4) is 0 Å². The number of allylic oxidation sites excluding steroid dienone is 1. The zero-order valence-corrected chi connectivity index (χ0v) is 13.9. The maximum absolute atomic E-state index is 12.1. The Labute approximate surface area is 149 Å². The van der Waals surface area contributed by atoms with E-state index in [9.17, 15) is 9.59 Å².